The van der Waals surface area contributed by atoms with Gasteiger partial charge in [-0.2, -0.15) is 0 Å². The van der Waals surface area contributed by atoms with Gasteiger partial charge >= 0.3 is 0 Å². The molecule has 0 aliphatic heterocycles. The second-order valence-corrected chi connectivity index (χ2v) is 6.04. The van der Waals surface area contributed by atoms with Crippen molar-refractivity contribution in [2.75, 3.05) is 11.9 Å². The summed E-state index contributed by atoms with van der Waals surface area (Å²) in [4.78, 5) is 16.7. The minimum Gasteiger partial charge on any atom is -0.370 e. The minimum atomic E-state index is -0.181. The molecule has 2 rings (SSSR count). The summed E-state index contributed by atoms with van der Waals surface area (Å²) in [5.74, 6) is 0.495. The first kappa shape index (κ1) is 15.1. The Morgan fingerprint density at radius 2 is 2.05 bits per heavy atom. The third kappa shape index (κ3) is 3.63. The molecule has 1 aliphatic rings. The molecule has 1 heterocycles. The van der Waals surface area contributed by atoms with E-state index >= 15 is 0 Å². The number of halogens is 1. The van der Waals surface area contributed by atoms with Gasteiger partial charge in [0.2, 0.25) is 0 Å². The Balaban J connectivity index is 2.13. The van der Waals surface area contributed by atoms with E-state index < -0.39 is 0 Å². The predicted octanol–water partition coefficient (Wildman–Crippen LogP) is 3.62. The molecule has 0 bridgehead atoms. The summed E-state index contributed by atoms with van der Waals surface area (Å²) in [7, 11) is 0. The van der Waals surface area contributed by atoms with Crippen molar-refractivity contribution in [1.82, 2.24) is 10.3 Å². The number of hydrogen-bond acceptors (Lipinski definition) is 3. The van der Waals surface area contributed by atoms with Crippen LogP contribution in [0.2, 0.25) is 5.02 Å². The van der Waals surface area contributed by atoms with Crippen molar-refractivity contribution < 1.29 is 4.79 Å². The van der Waals surface area contributed by atoms with Crippen molar-refractivity contribution in [1.29, 1.82) is 0 Å². The van der Waals surface area contributed by atoms with Gasteiger partial charge in [0.05, 0.1) is 5.02 Å². The normalized spacial score (nSPS) is 17.6. The van der Waals surface area contributed by atoms with E-state index in [0.717, 1.165) is 32.2 Å². The van der Waals surface area contributed by atoms with E-state index in [4.69, 9.17) is 11.6 Å². The highest BCUT2D eigenvalue weighted by Gasteiger charge is 2.29. The van der Waals surface area contributed by atoms with Crippen LogP contribution in [0.25, 0.3) is 0 Å². The highest BCUT2D eigenvalue weighted by atomic mass is 35.5. The summed E-state index contributed by atoms with van der Waals surface area (Å²) in [5, 5.41) is 6.59. The first-order chi connectivity index (χ1) is 9.54. The van der Waals surface area contributed by atoms with Crippen LogP contribution < -0.4 is 10.6 Å². The van der Waals surface area contributed by atoms with Crippen molar-refractivity contribution in [3.05, 3.63) is 22.8 Å². The van der Waals surface area contributed by atoms with Crippen molar-refractivity contribution in [3.63, 3.8) is 0 Å². The first-order valence-electron chi connectivity index (χ1n) is 7.27. The number of aromatic nitrogens is 1. The zero-order valence-electron chi connectivity index (χ0n) is 12.1. The molecule has 2 N–H and O–H groups in total. The molecule has 0 radical (unpaired) electrons. The van der Waals surface area contributed by atoms with Crippen LogP contribution in [-0.2, 0) is 0 Å². The van der Waals surface area contributed by atoms with Crippen LogP contribution in [-0.4, -0.2) is 23.0 Å². The van der Waals surface area contributed by atoms with E-state index in [2.05, 4.69) is 22.5 Å². The Morgan fingerprint density at radius 1 is 1.35 bits per heavy atom. The molecule has 1 aromatic rings. The molecule has 0 atom stereocenters. The Bertz CT molecular complexity index is 484. The van der Waals surface area contributed by atoms with Crippen LogP contribution in [0.4, 0.5) is 5.82 Å². The molecule has 0 saturated heterocycles. The number of nitrogens with zero attached hydrogens (tertiary/aromatic N) is 1. The fourth-order valence-electron chi connectivity index (χ4n) is 2.67. The van der Waals surface area contributed by atoms with Crippen molar-refractivity contribution in [3.8, 4) is 0 Å². The fraction of sp³-hybridized carbons (Fsp3) is 0.600. The van der Waals surface area contributed by atoms with E-state index in [9.17, 15) is 4.79 Å². The molecule has 1 aliphatic carbocycles. The topological polar surface area (TPSA) is 54.0 Å². The first-order valence-corrected chi connectivity index (χ1v) is 7.65. The Kier molecular flexibility index (Phi) is 4.86. The zero-order chi connectivity index (χ0) is 14.6. The average molecular weight is 296 g/mol. The zero-order valence-corrected chi connectivity index (χ0v) is 12.9. The van der Waals surface area contributed by atoms with Gasteiger partial charge in [0.25, 0.3) is 5.91 Å². The van der Waals surface area contributed by atoms with Crippen LogP contribution in [0.3, 0.4) is 0 Å². The monoisotopic (exact) mass is 295 g/mol. The summed E-state index contributed by atoms with van der Waals surface area (Å²) in [6, 6.07) is 3.50. The molecule has 0 spiro atoms. The lowest BCUT2D eigenvalue weighted by Gasteiger charge is -2.34. The van der Waals surface area contributed by atoms with Gasteiger partial charge < -0.3 is 10.6 Å². The molecule has 20 heavy (non-hydrogen) atoms. The molecule has 1 saturated carbocycles. The number of pyridine rings is 1. The standard InChI is InChI=1S/C15H22ClN3O/c1-3-17-12-8-7-11(16)13(18-12)14(20)19-15(2)9-5-4-6-10-15/h7-8H,3-6,9-10H2,1-2H3,(H,17,18)(H,19,20). The van der Waals surface area contributed by atoms with Crippen LogP contribution >= 0.6 is 11.6 Å². The third-order valence-electron chi connectivity index (χ3n) is 3.79. The lowest BCUT2D eigenvalue weighted by atomic mass is 9.83. The number of carbonyl (C=O) groups is 1. The number of rotatable bonds is 4. The second-order valence-electron chi connectivity index (χ2n) is 5.63. The van der Waals surface area contributed by atoms with Gasteiger partial charge in [-0.1, -0.05) is 30.9 Å². The van der Waals surface area contributed by atoms with E-state index in [-0.39, 0.29) is 11.4 Å². The summed E-state index contributed by atoms with van der Waals surface area (Å²) in [5.41, 5.74) is 0.172. The second kappa shape index (κ2) is 6.44. The quantitative estimate of drug-likeness (QED) is 0.892. The summed E-state index contributed by atoms with van der Waals surface area (Å²) in [6.07, 6.45) is 5.61. The van der Waals surface area contributed by atoms with Gasteiger partial charge in [-0.15, -0.1) is 0 Å². The maximum Gasteiger partial charge on any atom is 0.271 e. The average Bonchev–Trinajstić information content (AvgIpc) is 2.41. The van der Waals surface area contributed by atoms with Gasteiger partial charge in [-0.25, -0.2) is 4.98 Å². The number of hydrogen-bond donors (Lipinski definition) is 2. The smallest absolute Gasteiger partial charge is 0.271 e. The number of amides is 1. The van der Waals surface area contributed by atoms with E-state index in [1.54, 1.807) is 12.1 Å². The van der Waals surface area contributed by atoms with E-state index in [1.807, 2.05) is 6.92 Å². The van der Waals surface area contributed by atoms with Crippen LogP contribution in [0.15, 0.2) is 12.1 Å². The number of anilines is 1. The molecule has 0 unspecified atom stereocenters. The van der Waals surface area contributed by atoms with Crippen LogP contribution in [0, 0.1) is 0 Å². The van der Waals surface area contributed by atoms with Gasteiger partial charge in [-0.3, -0.25) is 4.79 Å². The molecular formula is C15H22ClN3O. The van der Waals surface area contributed by atoms with Crippen molar-refractivity contribution in [2.24, 2.45) is 0 Å². The largest absolute Gasteiger partial charge is 0.370 e. The lowest BCUT2D eigenvalue weighted by molar-refractivity contribution is 0.0878. The highest BCUT2D eigenvalue weighted by molar-refractivity contribution is 6.33. The summed E-state index contributed by atoms with van der Waals surface area (Å²) in [6.45, 7) is 4.85. The Labute approximate surface area is 125 Å². The highest BCUT2D eigenvalue weighted by Crippen LogP contribution is 2.28. The molecule has 1 fully saturated rings. The Morgan fingerprint density at radius 3 is 2.70 bits per heavy atom. The van der Waals surface area contributed by atoms with Crippen LogP contribution in [0.5, 0.6) is 0 Å². The molecule has 4 nitrogen and oxygen atoms in total. The van der Waals surface area contributed by atoms with Gasteiger partial charge in [-0.05, 0) is 38.8 Å². The third-order valence-corrected chi connectivity index (χ3v) is 4.10. The SMILES string of the molecule is CCNc1ccc(Cl)c(C(=O)NC2(C)CCCCC2)n1. The molecule has 1 amide bonds. The van der Waals surface area contributed by atoms with Gasteiger partial charge in [0.1, 0.15) is 11.5 Å². The maximum absolute atomic E-state index is 12.4. The van der Waals surface area contributed by atoms with E-state index in [0.29, 0.717) is 16.5 Å². The number of carbonyl (C=O) groups excluding carboxylic acids is 1. The molecule has 110 valence electrons. The van der Waals surface area contributed by atoms with Crippen molar-refractivity contribution in [2.45, 2.75) is 51.5 Å². The molecule has 0 aromatic carbocycles. The summed E-state index contributed by atoms with van der Waals surface area (Å²) >= 11 is 6.10. The maximum atomic E-state index is 12.4. The minimum absolute atomic E-state index is 0.130. The fourth-order valence-corrected chi connectivity index (χ4v) is 2.86. The molecular weight excluding hydrogens is 274 g/mol. The molecule has 1 aromatic heterocycles. The van der Waals surface area contributed by atoms with Crippen molar-refractivity contribution >= 4 is 23.3 Å². The van der Waals surface area contributed by atoms with E-state index in [1.165, 1.54) is 6.42 Å². The van der Waals surface area contributed by atoms with Gasteiger partial charge in [0, 0.05) is 12.1 Å². The lowest BCUT2D eigenvalue weighted by Crippen LogP contribution is -2.47. The predicted molar refractivity (Wildman–Crippen MR) is 82.4 cm³/mol. The Hall–Kier alpha value is -1.29. The summed E-state index contributed by atoms with van der Waals surface area (Å²) < 4.78 is 0. The number of nitrogens with one attached hydrogen (secondary N) is 2. The van der Waals surface area contributed by atoms with Crippen LogP contribution in [0.1, 0.15) is 56.4 Å². The molecule has 5 heteroatoms. The van der Waals surface area contributed by atoms with Gasteiger partial charge in [0.15, 0.2) is 0 Å².